The molecule has 15 nitrogen and oxygen atoms in total. The monoisotopic (exact) mass is 904 g/mol. The van der Waals surface area contributed by atoms with Gasteiger partial charge >= 0.3 is 11.9 Å². The van der Waals surface area contributed by atoms with Gasteiger partial charge in [-0.05, 0) is 84.8 Å². The Morgan fingerprint density at radius 1 is 0.857 bits per heavy atom. The van der Waals surface area contributed by atoms with Crippen LogP contribution in [0.15, 0.2) is 53.6 Å². The van der Waals surface area contributed by atoms with E-state index in [1.165, 1.54) is 46.1 Å². The molecular formula is C47H77N5O10S. The molecule has 0 spiro atoms. The lowest BCUT2D eigenvalue weighted by molar-refractivity contribution is -0.154. The SMILES string of the molecule is C/C=C(\C)C[C@H](C)C(C/C=C(\C)C(=O)O[C@H](CC(C)C)C(=O)NC(C)C(=O)N(C)CC(=O)N(C)CC(=O)NC(C(=O)N(C)[C@H](C)C(=O)O)C(C)CC)OCSC.Cc1ccccc1. The maximum absolute atomic E-state index is 13.4. The number of rotatable bonds is 25. The number of aryl methyl sites for hydroxylation is 1. The molecule has 0 radical (unpaired) electrons. The molecule has 0 bridgehead atoms. The summed E-state index contributed by atoms with van der Waals surface area (Å²) >= 11 is 1.57. The van der Waals surface area contributed by atoms with E-state index in [4.69, 9.17) is 9.47 Å². The molecule has 0 aliphatic carbocycles. The van der Waals surface area contributed by atoms with Gasteiger partial charge in [-0.1, -0.05) is 94.7 Å². The molecule has 0 fully saturated rings. The number of nitrogens with zero attached hydrogens (tertiary/aromatic N) is 3. The molecule has 0 aliphatic rings. The Bertz CT molecular complexity index is 1690. The summed E-state index contributed by atoms with van der Waals surface area (Å²) in [7, 11) is 4.10. The van der Waals surface area contributed by atoms with Crippen molar-refractivity contribution in [2.45, 2.75) is 132 Å². The predicted octanol–water partition coefficient (Wildman–Crippen LogP) is 5.86. The molecule has 63 heavy (non-hydrogen) atoms. The molecular weight excluding hydrogens is 827 g/mol. The number of esters is 1. The van der Waals surface area contributed by atoms with Crippen molar-refractivity contribution in [3.8, 4) is 0 Å². The Balaban J connectivity index is 0.00000495. The molecule has 0 aromatic heterocycles. The van der Waals surface area contributed by atoms with Crippen molar-refractivity contribution in [1.29, 1.82) is 0 Å². The van der Waals surface area contributed by atoms with Crippen LogP contribution in [0.25, 0.3) is 0 Å². The molecule has 5 amide bonds. The van der Waals surface area contributed by atoms with Gasteiger partial charge in [-0.2, -0.15) is 0 Å². The predicted molar refractivity (Wildman–Crippen MR) is 249 cm³/mol. The minimum absolute atomic E-state index is 0.0188. The van der Waals surface area contributed by atoms with Crippen molar-refractivity contribution in [2.75, 3.05) is 46.4 Å². The van der Waals surface area contributed by atoms with Crippen molar-refractivity contribution in [3.63, 3.8) is 0 Å². The standard InChI is InChI=1S/C40H69N5O10S.C7H8/c1-15-25(5)20-28(8)31(54-23-56-14)18-17-27(7)40(53)55-32(19-24(3)4)36(48)41-29(9)37(49)44(12)22-34(47)43(11)21-33(46)42-35(26(6)16-2)38(50)45(13)30(10)39(51)52;1-7-5-3-2-4-6-7/h15,17,24,26,28-32,35H,16,18-23H2,1-14H3,(H,41,48)(H,42,46)(H,51,52);2-6H,1H3/b25-15+,27-17+;/t26?,28-,29?,30+,31?,32+,35?;/m0./s1. The van der Waals surface area contributed by atoms with E-state index < -0.39 is 78.8 Å². The average molecular weight is 904 g/mol. The molecule has 16 heteroatoms. The van der Waals surface area contributed by atoms with Gasteiger partial charge in [-0.25, -0.2) is 9.59 Å². The molecule has 1 aromatic carbocycles. The minimum atomic E-state index is -1.19. The number of amides is 5. The van der Waals surface area contributed by atoms with Crippen LogP contribution in [0.2, 0.25) is 0 Å². The van der Waals surface area contributed by atoms with Crippen molar-refractivity contribution in [3.05, 3.63) is 59.2 Å². The number of carbonyl (C=O) groups excluding carboxylic acids is 6. The summed E-state index contributed by atoms with van der Waals surface area (Å²) in [6.45, 7) is 19.2. The smallest absolute Gasteiger partial charge is 0.334 e. The number of carboxylic acid groups (broad SMARTS) is 1. The maximum Gasteiger partial charge on any atom is 0.334 e. The van der Waals surface area contributed by atoms with Crippen molar-refractivity contribution in [2.24, 2.45) is 17.8 Å². The summed E-state index contributed by atoms with van der Waals surface area (Å²) in [5, 5.41) is 14.6. The van der Waals surface area contributed by atoms with Crippen LogP contribution < -0.4 is 10.6 Å². The van der Waals surface area contributed by atoms with E-state index in [0.717, 1.165) is 21.1 Å². The highest BCUT2D eigenvalue weighted by molar-refractivity contribution is 7.98. The van der Waals surface area contributed by atoms with E-state index in [-0.39, 0.29) is 30.3 Å². The Morgan fingerprint density at radius 2 is 1.46 bits per heavy atom. The highest BCUT2D eigenvalue weighted by Gasteiger charge is 2.33. The molecule has 0 aliphatic heterocycles. The summed E-state index contributed by atoms with van der Waals surface area (Å²) in [4.78, 5) is 93.5. The van der Waals surface area contributed by atoms with Crippen LogP contribution in [-0.4, -0.2) is 138 Å². The van der Waals surface area contributed by atoms with Gasteiger partial charge in [0.15, 0.2) is 6.10 Å². The third-order valence-electron chi connectivity index (χ3n) is 10.7. The molecule has 356 valence electrons. The fraction of sp³-hybridized carbons (Fsp3) is 0.638. The second-order valence-corrected chi connectivity index (χ2v) is 17.6. The maximum atomic E-state index is 13.4. The first kappa shape index (κ1) is 58.3. The van der Waals surface area contributed by atoms with Gasteiger partial charge in [-0.3, -0.25) is 24.0 Å². The van der Waals surface area contributed by atoms with Gasteiger partial charge in [0.1, 0.15) is 18.1 Å². The molecule has 1 aromatic rings. The lowest BCUT2D eigenvalue weighted by Crippen LogP contribution is -2.55. The number of thioether (sulfide) groups is 1. The van der Waals surface area contributed by atoms with Crippen LogP contribution in [0, 0.1) is 24.7 Å². The van der Waals surface area contributed by atoms with Gasteiger partial charge in [0.25, 0.3) is 5.91 Å². The zero-order valence-electron chi connectivity index (χ0n) is 40.5. The number of aliphatic carboxylic acids is 1. The number of hydrogen-bond donors (Lipinski definition) is 3. The quantitative estimate of drug-likeness (QED) is 0.0461. The van der Waals surface area contributed by atoms with Crippen molar-refractivity contribution in [1.82, 2.24) is 25.3 Å². The first-order chi connectivity index (χ1) is 29.4. The highest BCUT2D eigenvalue weighted by atomic mass is 32.2. The molecule has 0 saturated carbocycles. The molecule has 7 atom stereocenters. The van der Waals surface area contributed by atoms with Gasteiger partial charge in [0, 0.05) is 26.7 Å². The van der Waals surface area contributed by atoms with Crippen LogP contribution in [-0.2, 0) is 43.0 Å². The third kappa shape index (κ3) is 22.5. The second-order valence-electron chi connectivity index (χ2n) is 16.8. The third-order valence-corrected chi connectivity index (χ3v) is 11.1. The first-order valence-electron chi connectivity index (χ1n) is 21.6. The molecule has 0 heterocycles. The van der Waals surface area contributed by atoms with E-state index in [0.29, 0.717) is 24.4 Å². The van der Waals surface area contributed by atoms with Gasteiger partial charge in [0.2, 0.25) is 23.6 Å². The second kappa shape index (κ2) is 30.4. The van der Waals surface area contributed by atoms with Crippen molar-refractivity contribution < 1.29 is 48.1 Å². The molecule has 0 saturated heterocycles. The highest BCUT2D eigenvalue weighted by Crippen LogP contribution is 2.22. The van der Waals surface area contributed by atoms with E-state index in [9.17, 15) is 38.7 Å². The normalized spacial score (nSPS) is 14.9. The summed E-state index contributed by atoms with van der Waals surface area (Å²) in [6.07, 6.45) is 6.58. The largest absolute Gasteiger partial charge is 0.480 e. The van der Waals surface area contributed by atoms with Gasteiger partial charge in [-0.15, -0.1) is 11.8 Å². The number of carbonyl (C=O) groups is 7. The number of hydrogen-bond acceptors (Lipinski definition) is 10. The first-order valence-corrected chi connectivity index (χ1v) is 23.0. The lowest BCUT2D eigenvalue weighted by atomic mass is 9.93. The number of benzene rings is 1. The van der Waals surface area contributed by atoms with Crippen LogP contribution in [0.4, 0.5) is 0 Å². The van der Waals surface area contributed by atoms with E-state index in [2.05, 4.69) is 49.6 Å². The summed E-state index contributed by atoms with van der Waals surface area (Å²) in [5.74, 6) is -4.50. The summed E-state index contributed by atoms with van der Waals surface area (Å²) in [6, 6.07) is 7.05. The van der Waals surface area contributed by atoms with Crippen LogP contribution in [0.3, 0.4) is 0 Å². The van der Waals surface area contributed by atoms with Crippen molar-refractivity contribution >= 4 is 53.2 Å². The number of carboxylic acids is 1. The Labute approximate surface area is 381 Å². The Kier molecular flexibility index (Phi) is 28.1. The van der Waals surface area contributed by atoms with E-state index >= 15 is 0 Å². The minimum Gasteiger partial charge on any atom is -0.480 e. The summed E-state index contributed by atoms with van der Waals surface area (Å²) in [5.41, 5.74) is 2.90. The molecule has 1 rings (SSSR count). The fourth-order valence-electron chi connectivity index (χ4n) is 6.03. The van der Waals surface area contributed by atoms with Gasteiger partial charge < -0.3 is 39.9 Å². The lowest BCUT2D eigenvalue weighted by Gasteiger charge is -2.31. The van der Waals surface area contributed by atoms with Crippen LogP contribution >= 0.6 is 11.8 Å². The fourth-order valence-corrected chi connectivity index (χ4v) is 6.34. The average Bonchev–Trinajstić information content (AvgIpc) is 3.23. The zero-order chi connectivity index (χ0) is 48.6. The van der Waals surface area contributed by atoms with E-state index in [1.807, 2.05) is 52.1 Å². The van der Waals surface area contributed by atoms with E-state index in [1.54, 1.807) is 31.7 Å². The zero-order valence-corrected chi connectivity index (χ0v) is 41.3. The van der Waals surface area contributed by atoms with Gasteiger partial charge in [0.05, 0.1) is 25.1 Å². The van der Waals surface area contributed by atoms with Crippen LogP contribution in [0.5, 0.6) is 0 Å². The number of likely N-dealkylation sites (N-methyl/N-ethyl adjacent to an activating group) is 3. The number of nitrogens with one attached hydrogen (secondary N) is 2. The number of ether oxygens (including phenoxy) is 2. The molecule has 3 N–H and O–H groups in total. The topological polar surface area (TPSA) is 192 Å². The molecule has 4 unspecified atom stereocenters. The number of allylic oxidation sites excluding steroid dienone is 2. The van der Waals surface area contributed by atoms with Crippen LogP contribution in [0.1, 0.15) is 100 Å². The Morgan fingerprint density at radius 3 is 1.95 bits per heavy atom. The Hall–Kier alpha value is -4.70. The summed E-state index contributed by atoms with van der Waals surface area (Å²) < 4.78 is 11.7.